The molecular weight excluding hydrogens is 609 g/mol. The molecule has 4 aromatic rings. The second-order valence-corrected chi connectivity index (χ2v) is 12.1. The number of ether oxygens (including phenoxy) is 1. The van der Waals surface area contributed by atoms with Crippen LogP contribution in [0, 0.1) is 17.2 Å². The van der Waals surface area contributed by atoms with Gasteiger partial charge < -0.3 is 20.3 Å². The molecule has 2 aliphatic heterocycles. The fraction of sp³-hybridized carbons (Fsp3) is 0.242. The van der Waals surface area contributed by atoms with Crippen molar-refractivity contribution in [1.29, 1.82) is 5.26 Å². The molecule has 3 aliphatic rings. The number of urea groups is 1. The zero-order valence-corrected chi connectivity index (χ0v) is 26.0. The predicted molar refractivity (Wildman–Crippen MR) is 178 cm³/mol. The van der Waals surface area contributed by atoms with E-state index in [1.54, 1.807) is 34.2 Å². The lowest BCUT2D eigenvalue weighted by molar-refractivity contribution is -0.128. The number of benzene rings is 2. The van der Waals surface area contributed by atoms with Crippen LogP contribution in [0.5, 0.6) is 11.5 Å². The number of carbonyl (C=O) groups excluding carboxylic acids is 3. The number of nitriles is 1. The van der Waals surface area contributed by atoms with Gasteiger partial charge in [-0.1, -0.05) is 30.3 Å². The first-order valence-electron chi connectivity index (χ1n) is 14.6. The van der Waals surface area contributed by atoms with Gasteiger partial charge in [-0.3, -0.25) is 14.5 Å². The molecule has 0 radical (unpaired) electrons. The average Bonchev–Trinajstić information content (AvgIpc) is 3.79. The standard InChI is InChI=1S/C33H28N6O4S.H2S/c34-18-21(16-20-11-12-20)32(41)38-15-5-6-22(19-38)36-30(40)29-28-27-26(13-14-35-31(27)44-29)39(33(42)37-28)23-7-4-10-25(17-23)43-24-8-2-1-3-9-24;/h1-4,7-10,13-14,16-17,20,22H,5-6,11-12,15,19H2,(H,36,40)(H,37,42);1H2/b21-16+;/t22-;/m0./s1. The summed E-state index contributed by atoms with van der Waals surface area (Å²) in [6.07, 6.45) is 6.83. The van der Waals surface area contributed by atoms with E-state index >= 15 is 0 Å². The van der Waals surface area contributed by atoms with Crippen molar-refractivity contribution >= 4 is 70.0 Å². The first kappa shape index (κ1) is 30.2. The molecule has 0 unspecified atom stereocenters. The molecule has 0 spiro atoms. The number of nitrogens with zero attached hydrogens (tertiary/aromatic N) is 4. The molecule has 1 atom stereocenters. The zero-order chi connectivity index (χ0) is 30.2. The van der Waals surface area contributed by atoms with E-state index in [2.05, 4.69) is 21.7 Å². The van der Waals surface area contributed by atoms with E-state index in [1.807, 2.05) is 48.5 Å². The first-order valence-corrected chi connectivity index (χ1v) is 15.4. The highest BCUT2D eigenvalue weighted by Gasteiger charge is 2.34. The summed E-state index contributed by atoms with van der Waals surface area (Å²) in [5, 5.41) is 16.2. The van der Waals surface area contributed by atoms with Crippen molar-refractivity contribution in [2.45, 2.75) is 31.7 Å². The minimum absolute atomic E-state index is 0. The van der Waals surface area contributed by atoms with E-state index in [1.165, 1.54) is 11.3 Å². The van der Waals surface area contributed by atoms with E-state index in [4.69, 9.17) is 4.74 Å². The van der Waals surface area contributed by atoms with Crippen LogP contribution in [0.1, 0.15) is 35.4 Å². The first-order chi connectivity index (χ1) is 21.5. The van der Waals surface area contributed by atoms with Gasteiger partial charge in [-0.25, -0.2) is 9.78 Å². The number of nitrogens with one attached hydrogen (secondary N) is 2. The van der Waals surface area contributed by atoms with Crippen molar-refractivity contribution in [3.05, 3.63) is 83.4 Å². The van der Waals surface area contributed by atoms with Gasteiger partial charge >= 0.3 is 6.03 Å². The number of pyridine rings is 1. The molecule has 2 N–H and O–H groups in total. The van der Waals surface area contributed by atoms with Crippen LogP contribution in [0.25, 0.3) is 10.2 Å². The summed E-state index contributed by atoms with van der Waals surface area (Å²) in [5.74, 6) is 0.951. The maximum absolute atomic E-state index is 13.6. The van der Waals surface area contributed by atoms with E-state index < -0.39 is 6.03 Å². The largest absolute Gasteiger partial charge is 0.457 e. The van der Waals surface area contributed by atoms with Crippen molar-refractivity contribution in [2.24, 2.45) is 5.92 Å². The fourth-order valence-corrected chi connectivity index (χ4v) is 6.69. The third kappa shape index (κ3) is 6.09. The topological polar surface area (TPSA) is 128 Å². The number of likely N-dealkylation sites (tertiary alicyclic amines) is 1. The molecule has 2 aromatic heterocycles. The lowest BCUT2D eigenvalue weighted by Crippen LogP contribution is -2.50. The van der Waals surface area contributed by atoms with E-state index in [0.29, 0.717) is 75.5 Å². The lowest BCUT2D eigenvalue weighted by atomic mass is 10.0. The van der Waals surface area contributed by atoms with Gasteiger partial charge in [-0.05, 0) is 61.9 Å². The summed E-state index contributed by atoms with van der Waals surface area (Å²) in [6, 6.07) is 19.8. The van der Waals surface area contributed by atoms with Crippen molar-refractivity contribution in [3.8, 4) is 17.6 Å². The smallest absolute Gasteiger partial charge is 0.331 e. The van der Waals surface area contributed by atoms with Gasteiger partial charge in [-0.2, -0.15) is 18.8 Å². The number of hydrogen-bond acceptors (Lipinski definition) is 7. The van der Waals surface area contributed by atoms with Crippen LogP contribution < -0.4 is 20.3 Å². The van der Waals surface area contributed by atoms with Gasteiger partial charge in [-0.15, -0.1) is 11.3 Å². The summed E-state index contributed by atoms with van der Waals surface area (Å²) in [7, 11) is 0. The van der Waals surface area contributed by atoms with Crippen LogP contribution in [0.4, 0.5) is 21.9 Å². The van der Waals surface area contributed by atoms with Crippen molar-refractivity contribution in [3.63, 3.8) is 0 Å². The van der Waals surface area contributed by atoms with Gasteiger partial charge in [0.25, 0.3) is 11.8 Å². The number of rotatable bonds is 7. The highest BCUT2D eigenvalue weighted by atomic mass is 32.1. The number of aromatic nitrogens is 1. The number of carbonyl (C=O) groups is 3. The highest BCUT2D eigenvalue weighted by Crippen LogP contribution is 2.46. The molecule has 0 bridgehead atoms. The predicted octanol–water partition coefficient (Wildman–Crippen LogP) is 6.47. The number of allylic oxidation sites excluding steroid dienone is 1. The van der Waals surface area contributed by atoms with E-state index in [-0.39, 0.29) is 36.9 Å². The number of piperidine rings is 1. The number of amides is 4. The van der Waals surface area contributed by atoms with Crippen molar-refractivity contribution in [1.82, 2.24) is 15.2 Å². The molecule has 7 rings (SSSR count). The third-order valence-electron chi connectivity index (χ3n) is 7.93. The van der Waals surface area contributed by atoms with Gasteiger partial charge in [0.15, 0.2) is 0 Å². The SMILES string of the molecule is N#C/C(=C\C1CC1)C(=O)N1CCC[C@H](NC(=O)c2sc3nccc4c3c2NC(=O)N4c2cccc(Oc3ccccc3)c2)C1.S. The van der Waals surface area contributed by atoms with Gasteiger partial charge in [0, 0.05) is 31.4 Å². The Morgan fingerprint density at radius 1 is 1.09 bits per heavy atom. The molecule has 45 heavy (non-hydrogen) atoms. The molecule has 12 heteroatoms. The molecule has 228 valence electrons. The number of anilines is 3. The summed E-state index contributed by atoms with van der Waals surface area (Å²) in [4.78, 5) is 48.9. The second-order valence-electron chi connectivity index (χ2n) is 11.1. The molecular formula is C33H30N6O4S2. The van der Waals surface area contributed by atoms with Crippen molar-refractivity contribution < 1.29 is 19.1 Å². The molecule has 4 amide bonds. The summed E-state index contributed by atoms with van der Waals surface area (Å²) >= 11 is 1.21. The van der Waals surface area contributed by atoms with Crippen LogP contribution in [0.3, 0.4) is 0 Å². The third-order valence-corrected chi connectivity index (χ3v) is 9.02. The molecule has 10 nitrogen and oxygen atoms in total. The molecule has 1 aliphatic carbocycles. The minimum Gasteiger partial charge on any atom is -0.457 e. The van der Waals surface area contributed by atoms with Crippen LogP contribution in [-0.2, 0) is 4.79 Å². The Balaban J connectivity index is 0.00000357. The normalized spacial score (nSPS) is 17.6. The molecule has 1 saturated heterocycles. The zero-order valence-electron chi connectivity index (χ0n) is 24.2. The lowest BCUT2D eigenvalue weighted by Gasteiger charge is -2.33. The Morgan fingerprint density at radius 2 is 1.89 bits per heavy atom. The molecule has 2 aromatic carbocycles. The maximum Gasteiger partial charge on any atom is 0.331 e. The fourth-order valence-electron chi connectivity index (χ4n) is 5.67. The van der Waals surface area contributed by atoms with Gasteiger partial charge in [0.2, 0.25) is 0 Å². The summed E-state index contributed by atoms with van der Waals surface area (Å²) < 4.78 is 5.99. The highest BCUT2D eigenvalue weighted by molar-refractivity contribution is 7.59. The van der Waals surface area contributed by atoms with E-state index in [9.17, 15) is 19.6 Å². The summed E-state index contributed by atoms with van der Waals surface area (Å²) in [5.41, 5.74) is 1.82. The van der Waals surface area contributed by atoms with Crippen LogP contribution in [0.15, 0.2) is 78.5 Å². The van der Waals surface area contributed by atoms with Gasteiger partial charge in [0.05, 0.1) is 22.4 Å². The Kier molecular flexibility index (Phi) is 8.47. The molecule has 1 saturated carbocycles. The van der Waals surface area contributed by atoms with Crippen LogP contribution >= 0.6 is 24.8 Å². The maximum atomic E-state index is 13.6. The quantitative estimate of drug-likeness (QED) is 0.177. The Bertz CT molecular complexity index is 1860. The number of para-hydroxylation sites is 1. The van der Waals surface area contributed by atoms with E-state index in [0.717, 1.165) is 12.8 Å². The number of thiophene rings is 1. The van der Waals surface area contributed by atoms with Gasteiger partial charge in [0.1, 0.15) is 32.8 Å². The second kappa shape index (κ2) is 12.6. The Morgan fingerprint density at radius 3 is 2.67 bits per heavy atom. The summed E-state index contributed by atoms with van der Waals surface area (Å²) in [6.45, 7) is 0.860. The average molecular weight is 639 g/mol. The minimum atomic E-state index is -0.407. The van der Waals surface area contributed by atoms with Crippen molar-refractivity contribution in [2.75, 3.05) is 23.3 Å². The molecule has 4 heterocycles. The Labute approximate surface area is 270 Å². The van der Waals surface area contributed by atoms with Crippen LogP contribution in [-0.4, -0.2) is 46.9 Å². The van der Waals surface area contributed by atoms with Crippen LogP contribution in [0.2, 0.25) is 0 Å². The molecule has 2 fully saturated rings. The monoisotopic (exact) mass is 638 g/mol. The number of hydrogen-bond donors (Lipinski definition) is 2. The Hall–Kier alpha value is -4.86.